The average Bonchev–Trinajstić information content (AvgIpc) is 2.03. The minimum atomic E-state index is -1.09. The lowest BCUT2D eigenvalue weighted by atomic mass is 10.1. The van der Waals surface area contributed by atoms with Crippen LogP contribution in [0, 0.1) is 11.6 Å². The molecule has 1 nitrogen and oxygen atoms in total. The summed E-state index contributed by atoms with van der Waals surface area (Å²) in [6.07, 6.45) is -0.784. The summed E-state index contributed by atoms with van der Waals surface area (Å²) >= 11 is 0. The molecule has 1 atom stereocenters. The van der Waals surface area contributed by atoms with Gasteiger partial charge in [0.2, 0.25) is 0 Å². The highest BCUT2D eigenvalue weighted by atomic mass is 19.1. The van der Waals surface area contributed by atoms with E-state index < -0.39 is 17.7 Å². The SMILES string of the molecule is CCC([O])c1ccc(F)cc1F. The molecule has 1 unspecified atom stereocenters. The Labute approximate surface area is 69.7 Å². The van der Waals surface area contributed by atoms with Crippen LogP contribution in [0.5, 0.6) is 0 Å². The van der Waals surface area contributed by atoms with Crippen LogP contribution in [0.2, 0.25) is 0 Å². The van der Waals surface area contributed by atoms with Crippen molar-refractivity contribution in [3.8, 4) is 0 Å². The van der Waals surface area contributed by atoms with Gasteiger partial charge in [0.15, 0.2) is 0 Å². The van der Waals surface area contributed by atoms with E-state index in [-0.39, 0.29) is 5.56 Å². The van der Waals surface area contributed by atoms with Gasteiger partial charge in [-0.3, -0.25) is 0 Å². The number of halogens is 2. The molecule has 0 heterocycles. The minimum Gasteiger partial charge on any atom is -0.228 e. The van der Waals surface area contributed by atoms with Crippen molar-refractivity contribution in [2.45, 2.75) is 19.4 Å². The van der Waals surface area contributed by atoms with Gasteiger partial charge in [0.25, 0.3) is 0 Å². The Bertz CT molecular complexity index is 273. The minimum absolute atomic E-state index is 0.0406. The maximum atomic E-state index is 12.8. The van der Waals surface area contributed by atoms with Crippen LogP contribution in [-0.4, -0.2) is 0 Å². The predicted molar refractivity (Wildman–Crippen MR) is 40.1 cm³/mol. The van der Waals surface area contributed by atoms with Gasteiger partial charge in [0.1, 0.15) is 17.7 Å². The van der Waals surface area contributed by atoms with Gasteiger partial charge in [0.05, 0.1) is 0 Å². The Balaban J connectivity index is 3.01. The molecular weight excluding hydrogens is 162 g/mol. The quantitative estimate of drug-likeness (QED) is 0.652. The van der Waals surface area contributed by atoms with Gasteiger partial charge >= 0.3 is 0 Å². The second-order valence-corrected chi connectivity index (χ2v) is 2.56. The van der Waals surface area contributed by atoms with Crippen LogP contribution in [0.4, 0.5) is 8.78 Å². The molecular formula is C9H9F2O. The maximum Gasteiger partial charge on any atom is 0.132 e. The highest BCUT2D eigenvalue weighted by molar-refractivity contribution is 5.20. The molecule has 0 saturated carbocycles. The van der Waals surface area contributed by atoms with Gasteiger partial charge in [0, 0.05) is 11.6 Å². The molecule has 0 amide bonds. The predicted octanol–water partition coefficient (Wildman–Crippen LogP) is 2.85. The molecule has 0 saturated heterocycles. The van der Waals surface area contributed by atoms with Crippen molar-refractivity contribution in [3.63, 3.8) is 0 Å². The molecule has 0 aromatic heterocycles. The summed E-state index contributed by atoms with van der Waals surface area (Å²) in [5.74, 6) is -1.41. The fraction of sp³-hybridized carbons (Fsp3) is 0.333. The van der Waals surface area contributed by atoms with Gasteiger partial charge in [-0.05, 0) is 12.5 Å². The van der Waals surface area contributed by atoms with E-state index in [2.05, 4.69) is 0 Å². The van der Waals surface area contributed by atoms with Gasteiger partial charge < -0.3 is 0 Å². The lowest BCUT2D eigenvalue weighted by molar-refractivity contribution is 0.0824. The van der Waals surface area contributed by atoms with Crippen LogP contribution < -0.4 is 0 Å². The first kappa shape index (κ1) is 9.13. The van der Waals surface area contributed by atoms with Crippen molar-refractivity contribution >= 4 is 0 Å². The van der Waals surface area contributed by atoms with Crippen LogP contribution >= 0.6 is 0 Å². The van der Waals surface area contributed by atoms with E-state index >= 15 is 0 Å². The third-order valence-electron chi connectivity index (χ3n) is 1.68. The normalized spacial score (nSPS) is 13.0. The topological polar surface area (TPSA) is 19.9 Å². The summed E-state index contributed by atoms with van der Waals surface area (Å²) < 4.78 is 25.2. The van der Waals surface area contributed by atoms with Crippen molar-refractivity contribution in [2.75, 3.05) is 0 Å². The lowest BCUT2D eigenvalue weighted by Gasteiger charge is -2.05. The fourth-order valence-electron chi connectivity index (χ4n) is 0.983. The van der Waals surface area contributed by atoms with Crippen LogP contribution in [0.3, 0.4) is 0 Å². The maximum absolute atomic E-state index is 12.8. The second-order valence-electron chi connectivity index (χ2n) is 2.56. The Morgan fingerprint density at radius 2 is 2.08 bits per heavy atom. The first-order valence-electron chi connectivity index (χ1n) is 3.76. The van der Waals surface area contributed by atoms with E-state index in [9.17, 15) is 13.9 Å². The molecule has 0 fully saturated rings. The summed E-state index contributed by atoms with van der Waals surface area (Å²) in [5, 5.41) is 11.1. The Morgan fingerprint density at radius 3 is 2.58 bits per heavy atom. The zero-order valence-electron chi connectivity index (χ0n) is 6.68. The molecule has 65 valence electrons. The largest absolute Gasteiger partial charge is 0.228 e. The molecule has 0 bridgehead atoms. The van der Waals surface area contributed by atoms with Crippen molar-refractivity contribution in [1.82, 2.24) is 0 Å². The van der Waals surface area contributed by atoms with Gasteiger partial charge in [-0.1, -0.05) is 13.0 Å². The third-order valence-corrected chi connectivity index (χ3v) is 1.68. The zero-order valence-corrected chi connectivity index (χ0v) is 6.68. The average molecular weight is 171 g/mol. The summed E-state index contributed by atoms with van der Waals surface area (Å²) in [5.41, 5.74) is 0.0406. The van der Waals surface area contributed by atoms with Gasteiger partial charge in [-0.2, -0.15) is 0 Å². The number of rotatable bonds is 2. The van der Waals surface area contributed by atoms with Crippen LogP contribution in [0.1, 0.15) is 25.0 Å². The molecule has 1 aromatic rings. The fourth-order valence-corrected chi connectivity index (χ4v) is 0.983. The number of hydrogen-bond acceptors (Lipinski definition) is 0. The molecule has 1 radical (unpaired) electrons. The highest BCUT2D eigenvalue weighted by Gasteiger charge is 2.12. The summed E-state index contributed by atoms with van der Waals surface area (Å²) in [4.78, 5) is 0. The Kier molecular flexibility index (Phi) is 2.76. The lowest BCUT2D eigenvalue weighted by Crippen LogP contribution is -1.97. The summed E-state index contributed by atoms with van der Waals surface area (Å²) in [7, 11) is 0. The summed E-state index contributed by atoms with van der Waals surface area (Å²) in [6.45, 7) is 1.67. The van der Waals surface area contributed by atoms with Crippen LogP contribution in [0.25, 0.3) is 0 Å². The molecule has 0 aliphatic rings. The molecule has 1 rings (SSSR count). The number of hydrogen-bond donors (Lipinski definition) is 0. The first-order valence-corrected chi connectivity index (χ1v) is 3.76. The molecule has 0 aliphatic heterocycles. The van der Waals surface area contributed by atoms with Gasteiger partial charge in [-0.25, -0.2) is 13.9 Å². The van der Waals surface area contributed by atoms with Gasteiger partial charge in [-0.15, -0.1) is 0 Å². The van der Waals surface area contributed by atoms with E-state index in [1.54, 1.807) is 6.92 Å². The van der Waals surface area contributed by atoms with Crippen molar-refractivity contribution < 1.29 is 13.9 Å². The zero-order chi connectivity index (χ0) is 9.14. The molecule has 12 heavy (non-hydrogen) atoms. The first-order chi connectivity index (χ1) is 5.65. The smallest absolute Gasteiger partial charge is 0.132 e. The molecule has 0 spiro atoms. The van der Waals surface area contributed by atoms with E-state index in [4.69, 9.17) is 0 Å². The number of benzene rings is 1. The monoisotopic (exact) mass is 171 g/mol. The van der Waals surface area contributed by atoms with E-state index in [0.29, 0.717) is 6.42 Å². The van der Waals surface area contributed by atoms with E-state index in [1.165, 1.54) is 6.07 Å². The van der Waals surface area contributed by atoms with E-state index in [1.807, 2.05) is 0 Å². The Morgan fingerprint density at radius 1 is 1.42 bits per heavy atom. The second kappa shape index (κ2) is 3.63. The van der Waals surface area contributed by atoms with Crippen molar-refractivity contribution in [3.05, 3.63) is 35.4 Å². The van der Waals surface area contributed by atoms with E-state index in [0.717, 1.165) is 12.1 Å². The summed E-state index contributed by atoms with van der Waals surface area (Å²) in [6, 6.07) is 3.03. The Hall–Kier alpha value is -0.960. The molecule has 0 N–H and O–H groups in total. The molecule has 0 aliphatic carbocycles. The highest BCUT2D eigenvalue weighted by Crippen LogP contribution is 2.20. The van der Waals surface area contributed by atoms with Crippen molar-refractivity contribution in [1.29, 1.82) is 0 Å². The third kappa shape index (κ3) is 1.80. The van der Waals surface area contributed by atoms with Crippen LogP contribution in [0.15, 0.2) is 18.2 Å². The standard InChI is InChI=1S/C9H9F2O/c1-2-9(12)7-4-3-6(10)5-8(7)11/h3-5,9H,2H2,1H3. The molecule has 1 aromatic carbocycles. The van der Waals surface area contributed by atoms with Crippen LogP contribution in [-0.2, 0) is 5.11 Å². The molecule has 3 heteroatoms. The van der Waals surface area contributed by atoms with Crippen molar-refractivity contribution in [2.24, 2.45) is 0 Å².